The SMILES string of the molecule is CC(NC(=O)CN1Cc2ccccc2CC1C(N)=O)c1ccc(F)cc1. The van der Waals surface area contributed by atoms with Crippen LogP contribution in [0.5, 0.6) is 0 Å². The van der Waals surface area contributed by atoms with Crippen molar-refractivity contribution in [3.8, 4) is 0 Å². The van der Waals surface area contributed by atoms with Crippen molar-refractivity contribution in [3.05, 3.63) is 71.0 Å². The molecule has 1 aliphatic heterocycles. The maximum Gasteiger partial charge on any atom is 0.235 e. The van der Waals surface area contributed by atoms with Crippen LogP contribution in [-0.4, -0.2) is 29.3 Å². The highest BCUT2D eigenvalue weighted by Crippen LogP contribution is 2.23. The van der Waals surface area contributed by atoms with E-state index in [2.05, 4.69) is 5.32 Å². The number of fused-ring (bicyclic) bond motifs is 1. The monoisotopic (exact) mass is 355 g/mol. The molecule has 0 aliphatic carbocycles. The van der Waals surface area contributed by atoms with Gasteiger partial charge in [0.05, 0.1) is 18.6 Å². The Morgan fingerprint density at radius 1 is 1.19 bits per heavy atom. The number of hydrogen-bond acceptors (Lipinski definition) is 3. The topological polar surface area (TPSA) is 75.4 Å². The third-order valence-electron chi connectivity index (χ3n) is 4.77. The number of nitrogens with zero attached hydrogens (tertiary/aromatic N) is 1. The average Bonchev–Trinajstić information content (AvgIpc) is 2.61. The number of nitrogens with one attached hydrogen (secondary N) is 1. The molecule has 2 amide bonds. The largest absolute Gasteiger partial charge is 0.368 e. The van der Waals surface area contributed by atoms with Gasteiger partial charge in [-0.2, -0.15) is 0 Å². The lowest BCUT2D eigenvalue weighted by Gasteiger charge is -2.34. The number of amides is 2. The van der Waals surface area contributed by atoms with Crippen LogP contribution >= 0.6 is 0 Å². The molecule has 26 heavy (non-hydrogen) atoms. The highest BCUT2D eigenvalue weighted by Gasteiger charge is 2.31. The summed E-state index contributed by atoms with van der Waals surface area (Å²) in [5.74, 6) is -0.949. The lowest BCUT2D eigenvalue weighted by atomic mass is 9.93. The first-order valence-electron chi connectivity index (χ1n) is 8.59. The van der Waals surface area contributed by atoms with Crippen molar-refractivity contribution in [3.63, 3.8) is 0 Å². The van der Waals surface area contributed by atoms with Gasteiger partial charge >= 0.3 is 0 Å². The summed E-state index contributed by atoms with van der Waals surface area (Å²) in [4.78, 5) is 26.1. The van der Waals surface area contributed by atoms with Gasteiger partial charge in [-0.3, -0.25) is 14.5 Å². The molecule has 6 heteroatoms. The number of hydrogen-bond donors (Lipinski definition) is 2. The Morgan fingerprint density at radius 3 is 2.50 bits per heavy atom. The van der Waals surface area contributed by atoms with Crippen molar-refractivity contribution in [2.24, 2.45) is 5.73 Å². The van der Waals surface area contributed by atoms with Crippen molar-refractivity contribution < 1.29 is 14.0 Å². The lowest BCUT2D eigenvalue weighted by molar-refractivity contribution is -0.127. The molecule has 2 aromatic carbocycles. The standard InChI is InChI=1S/C20H22FN3O2/c1-13(14-6-8-17(21)9-7-14)23-19(25)12-24-11-16-5-3-2-4-15(16)10-18(24)20(22)26/h2-9,13,18H,10-12H2,1H3,(H2,22,26)(H,23,25). The zero-order valence-corrected chi connectivity index (χ0v) is 14.6. The number of carbonyl (C=O) groups is 2. The normalized spacial score (nSPS) is 18.0. The summed E-state index contributed by atoms with van der Waals surface area (Å²) in [5.41, 5.74) is 8.56. The second-order valence-electron chi connectivity index (χ2n) is 6.64. The Bertz CT molecular complexity index is 807. The molecule has 2 unspecified atom stereocenters. The number of primary amides is 1. The van der Waals surface area contributed by atoms with Crippen LogP contribution in [0.4, 0.5) is 4.39 Å². The molecular weight excluding hydrogens is 333 g/mol. The van der Waals surface area contributed by atoms with Gasteiger partial charge in [-0.25, -0.2) is 4.39 Å². The fourth-order valence-electron chi connectivity index (χ4n) is 3.33. The molecule has 0 bridgehead atoms. The maximum absolute atomic E-state index is 13.0. The summed E-state index contributed by atoms with van der Waals surface area (Å²) < 4.78 is 13.0. The van der Waals surface area contributed by atoms with Crippen molar-refractivity contribution in [2.75, 3.05) is 6.54 Å². The van der Waals surface area contributed by atoms with Crippen molar-refractivity contribution >= 4 is 11.8 Å². The molecule has 0 aromatic heterocycles. The van der Waals surface area contributed by atoms with Gasteiger partial charge in [0, 0.05) is 6.54 Å². The van der Waals surface area contributed by atoms with Crippen LogP contribution in [0.2, 0.25) is 0 Å². The first-order chi connectivity index (χ1) is 12.4. The second-order valence-corrected chi connectivity index (χ2v) is 6.64. The van der Waals surface area contributed by atoms with Gasteiger partial charge in [-0.1, -0.05) is 36.4 Å². The molecule has 1 aliphatic rings. The minimum absolute atomic E-state index is 0.0769. The molecular formula is C20H22FN3O2. The maximum atomic E-state index is 13.0. The van der Waals surface area contributed by atoms with Gasteiger partial charge < -0.3 is 11.1 Å². The molecule has 3 N–H and O–H groups in total. The molecule has 0 saturated carbocycles. The zero-order chi connectivity index (χ0) is 18.7. The highest BCUT2D eigenvalue weighted by atomic mass is 19.1. The highest BCUT2D eigenvalue weighted by molar-refractivity contribution is 5.83. The predicted molar refractivity (Wildman–Crippen MR) is 96.5 cm³/mol. The van der Waals surface area contributed by atoms with E-state index in [9.17, 15) is 14.0 Å². The van der Waals surface area contributed by atoms with Gasteiger partial charge in [-0.05, 0) is 42.2 Å². The molecule has 2 atom stereocenters. The predicted octanol–water partition coefficient (Wildman–Crippen LogP) is 1.92. The van der Waals surface area contributed by atoms with Crippen LogP contribution in [0, 0.1) is 5.82 Å². The van der Waals surface area contributed by atoms with Gasteiger partial charge in [-0.15, -0.1) is 0 Å². The molecule has 5 nitrogen and oxygen atoms in total. The van der Waals surface area contributed by atoms with Crippen molar-refractivity contribution in [1.29, 1.82) is 0 Å². The Morgan fingerprint density at radius 2 is 1.85 bits per heavy atom. The fourth-order valence-corrected chi connectivity index (χ4v) is 3.33. The van der Waals surface area contributed by atoms with Gasteiger partial charge in [0.1, 0.15) is 5.82 Å². The molecule has 0 radical (unpaired) electrons. The molecule has 0 fully saturated rings. The van der Waals surface area contributed by atoms with E-state index in [1.54, 1.807) is 17.0 Å². The van der Waals surface area contributed by atoms with Crippen LogP contribution in [0.3, 0.4) is 0 Å². The van der Waals surface area contributed by atoms with Crippen LogP contribution in [0.25, 0.3) is 0 Å². The van der Waals surface area contributed by atoms with Gasteiger partial charge in [0.2, 0.25) is 11.8 Å². The van der Waals surface area contributed by atoms with E-state index in [4.69, 9.17) is 5.73 Å². The summed E-state index contributed by atoms with van der Waals surface area (Å²) in [6.45, 7) is 2.41. The van der Waals surface area contributed by atoms with Gasteiger partial charge in [0.15, 0.2) is 0 Å². The van der Waals surface area contributed by atoms with Crippen LogP contribution in [0.15, 0.2) is 48.5 Å². The Balaban J connectivity index is 1.67. The fraction of sp³-hybridized carbons (Fsp3) is 0.300. The summed E-state index contributed by atoms with van der Waals surface area (Å²) in [5, 5.41) is 2.89. The molecule has 1 heterocycles. The summed E-state index contributed by atoms with van der Waals surface area (Å²) in [6.07, 6.45) is 0.506. The summed E-state index contributed by atoms with van der Waals surface area (Å²) in [6, 6.07) is 13.1. The zero-order valence-electron chi connectivity index (χ0n) is 14.6. The summed E-state index contributed by atoms with van der Waals surface area (Å²) in [7, 11) is 0. The first-order valence-corrected chi connectivity index (χ1v) is 8.59. The van der Waals surface area contributed by atoms with E-state index >= 15 is 0 Å². The van der Waals surface area contributed by atoms with E-state index in [0.29, 0.717) is 13.0 Å². The molecule has 2 aromatic rings. The number of rotatable bonds is 5. The van der Waals surface area contributed by atoms with E-state index in [-0.39, 0.29) is 24.3 Å². The quantitative estimate of drug-likeness (QED) is 0.860. The van der Waals surface area contributed by atoms with E-state index in [1.807, 2.05) is 31.2 Å². The van der Waals surface area contributed by atoms with Crippen molar-refractivity contribution in [1.82, 2.24) is 10.2 Å². The van der Waals surface area contributed by atoms with Crippen molar-refractivity contribution in [2.45, 2.75) is 32.0 Å². The Kier molecular flexibility index (Phi) is 5.32. The molecule has 136 valence electrons. The molecule has 0 saturated heterocycles. The van der Waals surface area contributed by atoms with E-state index in [0.717, 1.165) is 16.7 Å². The van der Waals surface area contributed by atoms with Crippen LogP contribution in [0.1, 0.15) is 29.7 Å². The van der Waals surface area contributed by atoms with E-state index < -0.39 is 11.9 Å². The molecule has 3 rings (SSSR count). The second kappa shape index (κ2) is 7.66. The minimum atomic E-state index is -0.503. The Hall–Kier alpha value is -2.73. The number of halogens is 1. The van der Waals surface area contributed by atoms with Crippen LogP contribution < -0.4 is 11.1 Å². The van der Waals surface area contributed by atoms with E-state index in [1.165, 1.54) is 12.1 Å². The number of carbonyl (C=O) groups excluding carboxylic acids is 2. The van der Waals surface area contributed by atoms with Gasteiger partial charge in [0.25, 0.3) is 0 Å². The number of benzene rings is 2. The average molecular weight is 355 g/mol. The lowest BCUT2D eigenvalue weighted by Crippen LogP contribution is -2.51. The smallest absolute Gasteiger partial charge is 0.235 e. The summed E-state index contributed by atoms with van der Waals surface area (Å²) >= 11 is 0. The Labute approximate surface area is 152 Å². The van der Waals surface area contributed by atoms with Crippen LogP contribution in [-0.2, 0) is 22.6 Å². The first kappa shape index (κ1) is 18.1. The third-order valence-corrected chi connectivity index (χ3v) is 4.77. The number of nitrogens with two attached hydrogens (primary N) is 1. The molecule has 0 spiro atoms. The minimum Gasteiger partial charge on any atom is -0.368 e. The third kappa shape index (κ3) is 4.08.